The number of anilines is 2. The van der Waals surface area contributed by atoms with Crippen molar-refractivity contribution in [2.24, 2.45) is 0 Å². The van der Waals surface area contributed by atoms with Crippen molar-refractivity contribution in [1.82, 2.24) is 20.0 Å². The van der Waals surface area contributed by atoms with Crippen molar-refractivity contribution in [3.05, 3.63) is 40.2 Å². The average Bonchev–Trinajstić information content (AvgIpc) is 3.35. The van der Waals surface area contributed by atoms with Crippen molar-refractivity contribution in [2.45, 2.75) is 26.3 Å². The molecule has 3 heterocycles. The van der Waals surface area contributed by atoms with Crippen molar-refractivity contribution in [2.75, 3.05) is 31.5 Å². The molecule has 1 amide bonds. The molecule has 0 aliphatic heterocycles. The molecule has 3 aromatic rings. The molecular formula is C18H22N6O5S. The molecule has 11 nitrogen and oxygen atoms in total. The van der Waals surface area contributed by atoms with Crippen LogP contribution in [0.25, 0.3) is 5.13 Å². The van der Waals surface area contributed by atoms with Gasteiger partial charge in [0.05, 0.1) is 19.4 Å². The van der Waals surface area contributed by atoms with Crippen LogP contribution in [-0.2, 0) is 4.74 Å². The molecule has 0 aliphatic carbocycles. The summed E-state index contributed by atoms with van der Waals surface area (Å²) in [7, 11) is 2.94. The number of amides is 1. The fraction of sp³-hybridized carbons (Fsp3) is 0.389. The van der Waals surface area contributed by atoms with Gasteiger partial charge in [0.25, 0.3) is 5.91 Å². The zero-order valence-corrected chi connectivity index (χ0v) is 17.8. The summed E-state index contributed by atoms with van der Waals surface area (Å²) in [6.45, 7) is 4.26. The Morgan fingerprint density at radius 2 is 2.17 bits per heavy atom. The number of nitrogens with one attached hydrogen (secondary N) is 2. The van der Waals surface area contributed by atoms with Crippen molar-refractivity contribution >= 4 is 28.1 Å². The number of hydrogen-bond acceptors (Lipinski definition) is 10. The Labute approximate surface area is 176 Å². The Kier molecular flexibility index (Phi) is 6.79. The van der Waals surface area contributed by atoms with Gasteiger partial charge in [-0.1, -0.05) is 18.3 Å². The first-order valence-corrected chi connectivity index (χ1v) is 9.91. The summed E-state index contributed by atoms with van der Waals surface area (Å²) in [6, 6.07) is 3.16. The van der Waals surface area contributed by atoms with Gasteiger partial charge in [-0.2, -0.15) is 5.10 Å². The minimum atomic E-state index is -0.773. The van der Waals surface area contributed by atoms with E-state index in [1.807, 2.05) is 19.9 Å². The van der Waals surface area contributed by atoms with Crippen LogP contribution in [0, 0.1) is 6.92 Å². The molecule has 2 N–H and O–H groups in total. The first-order valence-electron chi connectivity index (χ1n) is 9.10. The van der Waals surface area contributed by atoms with Gasteiger partial charge in [-0.3, -0.25) is 10.1 Å². The van der Waals surface area contributed by atoms with Gasteiger partial charge in [-0.25, -0.2) is 9.48 Å². The highest BCUT2D eigenvalue weighted by molar-refractivity contribution is 7.17. The second-order valence-corrected chi connectivity index (χ2v) is 7.23. The molecule has 0 aromatic carbocycles. The summed E-state index contributed by atoms with van der Waals surface area (Å²) >= 11 is 1.13. The maximum Gasteiger partial charge on any atom is 0.381 e. The predicted molar refractivity (Wildman–Crippen MR) is 111 cm³/mol. The molecular weight excluding hydrogens is 412 g/mol. The standard InChI is InChI=1S/C18H22N6O5S/c1-5-11(9-27-3)20-12-8-13(29-16(26)14(12)28-4)15(25)21-17-22-23-18(30-17)24-10(2)6-7-19-24/h6-8,11,20H,5,9H2,1-4H3,(H,21,22,25)/t11-/m1/s1. The number of carbonyl (C=O) groups excluding carboxylic acids is 1. The van der Waals surface area contributed by atoms with E-state index in [1.165, 1.54) is 13.2 Å². The molecule has 0 fully saturated rings. The maximum absolute atomic E-state index is 12.6. The Balaban J connectivity index is 1.83. The number of aryl methyl sites for hydroxylation is 1. The fourth-order valence-electron chi connectivity index (χ4n) is 2.66. The topological polar surface area (TPSA) is 133 Å². The van der Waals surface area contributed by atoms with Gasteiger partial charge in [0.2, 0.25) is 16.0 Å². The normalized spacial score (nSPS) is 11.9. The van der Waals surface area contributed by atoms with Crippen LogP contribution in [0.5, 0.6) is 5.75 Å². The second kappa shape index (κ2) is 9.50. The van der Waals surface area contributed by atoms with E-state index in [9.17, 15) is 9.59 Å². The van der Waals surface area contributed by atoms with Gasteiger partial charge in [0, 0.05) is 31.1 Å². The van der Waals surface area contributed by atoms with E-state index >= 15 is 0 Å². The lowest BCUT2D eigenvalue weighted by atomic mass is 10.2. The van der Waals surface area contributed by atoms with Crippen LogP contribution in [0.1, 0.15) is 29.6 Å². The number of rotatable bonds is 9. The van der Waals surface area contributed by atoms with Crippen LogP contribution >= 0.6 is 11.3 Å². The molecule has 0 radical (unpaired) electrons. The molecule has 0 bridgehead atoms. The van der Waals surface area contributed by atoms with E-state index in [2.05, 4.69) is 25.9 Å². The smallest absolute Gasteiger partial charge is 0.381 e. The molecule has 3 rings (SSSR count). The molecule has 0 saturated carbocycles. The number of methoxy groups -OCH3 is 2. The minimum Gasteiger partial charge on any atom is -0.488 e. The Morgan fingerprint density at radius 3 is 2.80 bits per heavy atom. The van der Waals surface area contributed by atoms with Gasteiger partial charge in [-0.05, 0) is 19.4 Å². The Hall–Kier alpha value is -3.25. The van der Waals surface area contributed by atoms with Crippen LogP contribution < -0.4 is 21.0 Å². The lowest BCUT2D eigenvalue weighted by molar-refractivity contribution is 0.0991. The van der Waals surface area contributed by atoms with Gasteiger partial charge in [0.15, 0.2) is 5.76 Å². The molecule has 12 heteroatoms. The molecule has 0 unspecified atom stereocenters. The third-order valence-corrected chi connectivity index (χ3v) is 5.02. The Morgan fingerprint density at radius 1 is 1.37 bits per heavy atom. The lowest BCUT2D eigenvalue weighted by Gasteiger charge is -2.18. The predicted octanol–water partition coefficient (Wildman–Crippen LogP) is 2.08. The number of hydrogen-bond donors (Lipinski definition) is 2. The molecule has 30 heavy (non-hydrogen) atoms. The summed E-state index contributed by atoms with van der Waals surface area (Å²) in [5, 5.41) is 18.6. The summed E-state index contributed by atoms with van der Waals surface area (Å²) in [5.41, 5.74) is 0.445. The third kappa shape index (κ3) is 4.66. The first-order chi connectivity index (χ1) is 14.5. The van der Waals surface area contributed by atoms with E-state index in [4.69, 9.17) is 13.9 Å². The van der Waals surface area contributed by atoms with Crippen LogP contribution in [-0.4, -0.2) is 52.8 Å². The number of carbonyl (C=O) groups is 1. The highest BCUT2D eigenvalue weighted by atomic mass is 32.1. The van der Waals surface area contributed by atoms with E-state index in [-0.39, 0.29) is 22.7 Å². The largest absolute Gasteiger partial charge is 0.488 e. The summed E-state index contributed by atoms with van der Waals surface area (Å²) in [6.07, 6.45) is 2.38. The maximum atomic E-state index is 12.6. The molecule has 160 valence electrons. The van der Waals surface area contributed by atoms with Gasteiger partial charge in [-0.15, -0.1) is 10.2 Å². The van der Waals surface area contributed by atoms with E-state index in [1.54, 1.807) is 18.0 Å². The molecule has 1 atom stereocenters. The van der Waals surface area contributed by atoms with E-state index < -0.39 is 11.5 Å². The molecule has 0 spiro atoms. The fourth-order valence-corrected chi connectivity index (χ4v) is 3.42. The monoisotopic (exact) mass is 434 g/mol. The van der Waals surface area contributed by atoms with Crippen molar-refractivity contribution < 1.29 is 18.7 Å². The Bertz CT molecular complexity index is 1080. The van der Waals surface area contributed by atoms with Gasteiger partial charge in [0.1, 0.15) is 0 Å². The quantitative estimate of drug-likeness (QED) is 0.519. The second-order valence-electron chi connectivity index (χ2n) is 6.28. The first kappa shape index (κ1) is 21.5. The van der Waals surface area contributed by atoms with Gasteiger partial charge < -0.3 is 19.2 Å². The lowest BCUT2D eigenvalue weighted by Crippen LogP contribution is -2.26. The minimum absolute atomic E-state index is 0.0199. The van der Waals surface area contributed by atoms with Crippen molar-refractivity contribution in [3.63, 3.8) is 0 Å². The third-order valence-electron chi connectivity index (χ3n) is 4.20. The summed E-state index contributed by atoms with van der Waals surface area (Å²) in [5.74, 6) is -0.853. The molecule has 3 aromatic heterocycles. The van der Waals surface area contributed by atoms with Crippen LogP contribution in [0.4, 0.5) is 10.8 Å². The highest BCUT2D eigenvalue weighted by Gasteiger charge is 2.20. The zero-order chi connectivity index (χ0) is 21.7. The van der Waals surface area contributed by atoms with Crippen molar-refractivity contribution in [1.29, 1.82) is 0 Å². The number of ether oxygens (including phenoxy) is 2. The molecule has 0 aliphatic rings. The number of nitrogens with zero attached hydrogens (tertiary/aromatic N) is 4. The van der Waals surface area contributed by atoms with E-state index in [0.717, 1.165) is 23.5 Å². The number of aromatic nitrogens is 4. The summed E-state index contributed by atoms with van der Waals surface area (Å²) in [4.78, 5) is 24.9. The zero-order valence-electron chi connectivity index (χ0n) is 17.0. The van der Waals surface area contributed by atoms with Crippen LogP contribution in [0.15, 0.2) is 27.5 Å². The summed E-state index contributed by atoms with van der Waals surface area (Å²) < 4.78 is 17.0. The molecule has 0 saturated heterocycles. The average molecular weight is 434 g/mol. The van der Waals surface area contributed by atoms with Crippen LogP contribution in [0.3, 0.4) is 0 Å². The van der Waals surface area contributed by atoms with Crippen LogP contribution in [0.2, 0.25) is 0 Å². The van der Waals surface area contributed by atoms with E-state index in [0.29, 0.717) is 17.4 Å². The van der Waals surface area contributed by atoms with Crippen molar-refractivity contribution in [3.8, 4) is 10.9 Å². The highest BCUT2D eigenvalue weighted by Crippen LogP contribution is 2.24. The van der Waals surface area contributed by atoms with Gasteiger partial charge >= 0.3 is 5.63 Å². The SMILES string of the molecule is CC[C@H](COC)Nc1cc(C(=O)Nc2nnc(-n3nccc3C)s2)oc(=O)c1OC.